The molecule has 1 aliphatic heterocycles. The minimum atomic E-state index is 0.273. The van der Waals surface area contributed by atoms with Crippen LogP contribution in [0.25, 0.3) is 0 Å². The molecule has 1 heterocycles. The Morgan fingerprint density at radius 2 is 2.12 bits per heavy atom. The predicted molar refractivity (Wildman–Crippen MR) is 66.4 cm³/mol. The molecule has 2 N–H and O–H groups in total. The van der Waals surface area contributed by atoms with Crippen molar-refractivity contribution in [2.24, 2.45) is 11.7 Å². The molecule has 2 fully saturated rings. The van der Waals surface area contributed by atoms with Gasteiger partial charge in [-0.1, -0.05) is 19.8 Å². The lowest BCUT2D eigenvalue weighted by Gasteiger charge is -2.37. The van der Waals surface area contributed by atoms with E-state index >= 15 is 0 Å². The summed E-state index contributed by atoms with van der Waals surface area (Å²) in [6.45, 7) is 6.09. The molecule has 3 heteroatoms. The fraction of sp³-hybridized carbons (Fsp3) is 1.00. The van der Waals surface area contributed by atoms with E-state index in [1.54, 1.807) is 0 Å². The molecule has 1 aliphatic carbocycles. The van der Waals surface area contributed by atoms with Gasteiger partial charge < -0.3 is 10.5 Å². The van der Waals surface area contributed by atoms with Gasteiger partial charge in [0.1, 0.15) is 0 Å². The Balaban J connectivity index is 1.85. The van der Waals surface area contributed by atoms with Crippen LogP contribution in [0.5, 0.6) is 0 Å². The van der Waals surface area contributed by atoms with Crippen LogP contribution in [0.3, 0.4) is 0 Å². The molecule has 3 nitrogen and oxygen atoms in total. The molecule has 0 aromatic carbocycles. The van der Waals surface area contributed by atoms with Gasteiger partial charge in [-0.15, -0.1) is 0 Å². The monoisotopic (exact) mass is 226 g/mol. The van der Waals surface area contributed by atoms with Crippen molar-refractivity contribution < 1.29 is 4.74 Å². The van der Waals surface area contributed by atoms with Crippen LogP contribution >= 0.6 is 0 Å². The fourth-order valence-electron chi connectivity index (χ4n) is 3.05. The summed E-state index contributed by atoms with van der Waals surface area (Å²) in [6.07, 6.45) is 7.24. The number of hydrogen-bond donors (Lipinski definition) is 1. The van der Waals surface area contributed by atoms with Gasteiger partial charge in [0.15, 0.2) is 0 Å². The second-order valence-corrected chi connectivity index (χ2v) is 5.49. The molecular weight excluding hydrogens is 200 g/mol. The van der Waals surface area contributed by atoms with E-state index in [2.05, 4.69) is 11.8 Å². The summed E-state index contributed by atoms with van der Waals surface area (Å²) in [5.41, 5.74) is 5.70. The van der Waals surface area contributed by atoms with Crippen LogP contribution in [0.4, 0.5) is 0 Å². The van der Waals surface area contributed by atoms with Gasteiger partial charge in [0, 0.05) is 25.7 Å². The Morgan fingerprint density at radius 3 is 2.94 bits per heavy atom. The first-order chi connectivity index (χ1) is 7.79. The quantitative estimate of drug-likeness (QED) is 0.727. The second kappa shape index (κ2) is 5.99. The van der Waals surface area contributed by atoms with Crippen LogP contribution in [-0.2, 0) is 4.74 Å². The lowest BCUT2D eigenvalue weighted by Crippen LogP contribution is -2.49. The van der Waals surface area contributed by atoms with Gasteiger partial charge in [-0.05, 0) is 25.2 Å². The molecule has 0 aromatic rings. The van der Waals surface area contributed by atoms with E-state index in [0.29, 0.717) is 6.54 Å². The van der Waals surface area contributed by atoms with Crippen LogP contribution in [0, 0.1) is 5.92 Å². The first-order valence-electron chi connectivity index (χ1n) is 6.85. The number of hydrogen-bond acceptors (Lipinski definition) is 3. The third-order valence-electron chi connectivity index (χ3n) is 4.18. The summed E-state index contributed by atoms with van der Waals surface area (Å²) in [4.78, 5) is 2.62. The molecule has 2 aliphatic rings. The van der Waals surface area contributed by atoms with Gasteiger partial charge in [-0.3, -0.25) is 4.90 Å². The first kappa shape index (κ1) is 12.3. The fourth-order valence-corrected chi connectivity index (χ4v) is 3.05. The molecule has 1 saturated heterocycles. The van der Waals surface area contributed by atoms with Crippen molar-refractivity contribution in [3.05, 3.63) is 0 Å². The SMILES string of the molecule is CC1CCCC(N2CCOC(CN)C2)CC1. The maximum Gasteiger partial charge on any atom is 0.0824 e. The van der Waals surface area contributed by atoms with Crippen LogP contribution < -0.4 is 5.73 Å². The molecule has 0 amide bonds. The molecule has 2 rings (SSSR count). The molecule has 94 valence electrons. The molecule has 1 saturated carbocycles. The van der Waals surface area contributed by atoms with Crippen LogP contribution in [0.1, 0.15) is 39.0 Å². The van der Waals surface area contributed by atoms with E-state index in [1.165, 1.54) is 32.1 Å². The average molecular weight is 226 g/mol. The van der Waals surface area contributed by atoms with Crippen LogP contribution in [0.2, 0.25) is 0 Å². The highest BCUT2D eigenvalue weighted by molar-refractivity contribution is 4.81. The minimum Gasteiger partial charge on any atom is -0.374 e. The van der Waals surface area contributed by atoms with Crippen molar-refractivity contribution in [1.29, 1.82) is 0 Å². The van der Waals surface area contributed by atoms with Crippen LogP contribution in [-0.4, -0.2) is 43.3 Å². The highest BCUT2D eigenvalue weighted by Gasteiger charge is 2.27. The lowest BCUT2D eigenvalue weighted by molar-refractivity contribution is -0.0405. The van der Waals surface area contributed by atoms with E-state index in [1.807, 2.05) is 0 Å². The number of nitrogens with zero attached hydrogens (tertiary/aromatic N) is 1. The predicted octanol–water partition coefficient (Wildman–Crippen LogP) is 1.61. The molecule has 0 spiro atoms. The zero-order valence-electron chi connectivity index (χ0n) is 10.5. The highest BCUT2D eigenvalue weighted by atomic mass is 16.5. The standard InChI is InChI=1S/C13H26N2O/c1-11-3-2-4-12(6-5-11)15-7-8-16-13(9-14)10-15/h11-13H,2-10,14H2,1H3. The number of ether oxygens (including phenoxy) is 1. The summed E-state index contributed by atoms with van der Waals surface area (Å²) >= 11 is 0. The lowest BCUT2D eigenvalue weighted by atomic mass is 10.0. The summed E-state index contributed by atoms with van der Waals surface area (Å²) < 4.78 is 5.63. The number of morpholine rings is 1. The Morgan fingerprint density at radius 1 is 1.25 bits per heavy atom. The summed E-state index contributed by atoms with van der Waals surface area (Å²) in [6, 6.07) is 0.794. The van der Waals surface area contributed by atoms with Crippen molar-refractivity contribution in [1.82, 2.24) is 4.90 Å². The zero-order chi connectivity index (χ0) is 11.4. The molecule has 0 radical (unpaired) electrons. The summed E-state index contributed by atoms with van der Waals surface area (Å²) in [5.74, 6) is 0.927. The van der Waals surface area contributed by atoms with E-state index in [9.17, 15) is 0 Å². The van der Waals surface area contributed by atoms with Gasteiger partial charge in [0.05, 0.1) is 12.7 Å². The summed E-state index contributed by atoms with van der Waals surface area (Å²) in [5, 5.41) is 0. The number of rotatable bonds is 2. The maximum atomic E-state index is 5.70. The Bertz CT molecular complexity index is 210. The van der Waals surface area contributed by atoms with E-state index < -0.39 is 0 Å². The van der Waals surface area contributed by atoms with Gasteiger partial charge in [-0.2, -0.15) is 0 Å². The van der Waals surface area contributed by atoms with Gasteiger partial charge in [0.25, 0.3) is 0 Å². The third-order valence-corrected chi connectivity index (χ3v) is 4.18. The smallest absolute Gasteiger partial charge is 0.0824 e. The van der Waals surface area contributed by atoms with Crippen LogP contribution in [0.15, 0.2) is 0 Å². The maximum absolute atomic E-state index is 5.70. The average Bonchev–Trinajstić information content (AvgIpc) is 2.54. The topological polar surface area (TPSA) is 38.5 Å². The normalized spacial score (nSPS) is 38.2. The minimum absolute atomic E-state index is 0.273. The highest BCUT2D eigenvalue weighted by Crippen LogP contribution is 2.26. The van der Waals surface area contributed by atoms with Gasteiger partial charge in [0.2, 0.25) is 0 Å². The molecule has 0 aromatic heterocycles. The van der Waals surface area contributed by atoms with E-state index in [0.717, 1.165) is 31.7 Å². The Labute approximate surface area is 99.3 Å². The van der Waals surface area contributed by atoms with E-state index in [-0.39, 0.29) is 6.10 Å². The molecule has 3 unspecified atom stereocenters. The molecule has 0 bridgehead atoms. The zero-order valence-corrected chi connectivity index (χ0v) is 10.5. The second-order valence-electron chi connectivity index (χ2n) is 5.49. The van der Waals surface area contributed by atoms with Crippen molar-refractivity contribution in [3.8, 4) is 0 Å². The van der Waals surface area contributed by atoms with E-state index in [4.69, 9.17) is 10.5 Å². The number of nitrogens with two attached hydrogens (primary N) is 1. The van der Waals surface area contributed by atoms with Gasteiger partial charge in [-0.25, -0.2) is 0 Å². The largest absolute Gasteiger partial charge is 0.374 e. The first-order valence-corrected chi connectivity index (χ1v) is 6.85. The molecule has 16 heavy (non-hydrogen) atoms. The Hall–Kier alpha value is -0.120. The van der Waals surface area contributed by atoms with Crippen molar-refractivity contribution in [2.45, 2.75) is 51.2 Å². The summed E-state index contributed by atoms with van der Waals surface area (Å²) in [7, 11) is 0. The van der Waals surface area contributed by atoms with Crippen molar-refractivity contribution in [2.75, 3.05) is 26.2 Å². The van der Waals surface area contributed by atoms with Crippen molar-refractivity contribution in [3.63, 3.8) is 0 Å². The van der Waals surface area contributed by atoms with Crippen molar-refractivity contribution >= 4 is 0 Å². The molecule has 3 atom stereocenters. The molecular formula is C13H26N2O. The van der Waals surface area contributed by atoms with Gasteiger partial charge >= 0.3 is 0 Å². The Kier molecular flexibility index (Phi) is 4.62. The third kappa shape index (κ3) is 3.19.